The lowest BCUT2D eigenvalue weighted by atomic mass is 9.53. The molecule has 52 heavy (non-hydrogen) atoms. The van der Waals surface area contributed by atoms with Crippen LogP contribution in [0.4, 0.5) is 4.79 Å². The number of nitrogens with one attached hydrogen (secondary N) is 2. The third-order valence-electron chi connectivity index (χ3n) is 11.6. The summed E-state index contributed by atoms with van der Waals surface area (Å²) in [6.07, 6.45) is 7.57. The first-order valence-electron chi connectivity index (χ1n) is 18.7. The zero-order chi connectivity index (χ0) is 35.1. The Hall–Kier alpha value is -3.73. The van der Waals surface area contributed by atoms with Crippen molar-refractivity contribution < 1.29 is 19.4 Å². The second-order valence-electron chi connectivity index (χ2n) is 15.4. The maximum absolute atomic E-state index is 13.1. The van der Waals surface area contributed by atoms with Crippen LogP contribution >= 0.6 is 23.1 Å². The fourth-order valence-electron chi connectivity index (χ4n) is 9.52. The molecule has 2 amide bonds. The lowest BCUT2D eigenvalue weighted by Gasteiger charge is -2.56. The van der Waals surface area contributed by atoms with E-state index in [0.717, 1.165) is 92.4 Å². The van der Waals surface area contributed by atoms with Crippen LogP contribution in [0.3, 0.4) is 0 Å². The second kappa shape index (κ2) is 14.6. The molecule has 10 rings (SSSR count). The van der Waals surface area contributed by atoms with Gasteiger partial charge < -0.3 is 25.2 Å². The molecule has 1 aromatic heterocycles. The van der Waals surface area contributed by atoms with Gasteiger partial charge in [-0.1, -0.05) is 90.6 Å². The summed E-state index contributed by atoms with van der Waals surface area (Å²) < 4.78 is 15.5. The molecule has 4 saturated carbocycles. The first-order valence-corrected chi connectivity index (χ1v) is 20.5. The third kappa shape index (κ3) is 7.39. The Balaban J connectivity index is 0.861. The van der Waals surface area contributed by atoms with Crippen LogP contribution in [0.15, 0.2) is 101 Å². The molecule has 1 saturated heterocycles. The number of para-hydroxylation sites is 1. The molecule has 5 fully saturated rings. The molecule has 7 nitrogen and oxygen atoms in total. The molecule has 5 aliphatic rings. The standard InChI is InChI=1S/C43H45N3O4S2/c47-25-27-8-10-33(11-9-27)38-20-36(26-51-42-45-37-6-1-2-7-39(37)52-42)49-40(50-38)34-14-12-32(13-15-34)35-5-3-4-28(19-35)24-44-41(48)46-43-21-29-16-30(22-43)18-31(17-29)23-43/h1-15,19,29-31,36,38,40,47H,16-18,20-26H2,(H2,44,46,48)/t29?,30?,31?,36-,38+,40+,43?/m1/s1. The number of aromatic nitrogens is 1. The fraction of sp³-hybridized carbons (Fsp3) is 0.395. The number of rotatable bonds is 10. The van der Waals surface area contributed by atoms with Gasteiger partial charge in [0, 0.05) is 29.8 Å². The van der Waals surface area contributed by atoms with Gasteiger partial charge in [-0.15, -0.1) is 11.3 Å². The molecule has 5 aromatic rings. The topological polar surface area (TPSA) is 92.7 Å². The van der Waals surface area contributed by atoms with Crippen LogP contribution in [-0.2, 0) is 22.6 Å². The molecule has 1 aliphatic heterocycles. The van der Waals surface area contributed by atoms with Crippen LogP contribution in [0, 0.1) is 17.8 Å². The summed E-state index contributed by atoms with van der Waals surface area (Å²) >= 11 is 3.46. The van der Waals surface area contributed by atoms with Gasteiger partial charge >= 0.3 is 6.03 Å². The average Bonchev–Trinajstić information content (AvgIpc) is 3.59. The SMILES string of the molecule is O=C(NCc1cccc(-c2ccc([C@H]3O[C@@H](CSc4nc5ccccc5s4)C[C@@H](c4ccc(CO)cc4)O3)cc2)c1)NC12CC3CC(CC(C3)C1)C2. The zero-order valence-electron chi connectivity index (χ0n) is 29.2. The number of amides is 2. The van der Waals surface area contributed by atoms with Crippen LogP contribution in [-0.4, -0.2) is 33.5 Å². The van der Waals surface area contributed by atoms with E-state index >= 15 is 0 Å². The van der Waals surface area contributed by atoms with Gasteiger partial charge in [-0.25, -0.2) is 9.78 Å². The molecule has 4 aromatic carbocycles. The van der Waals surface area contributed by atoms with Crippen LogP contribution in [0.2, 0.25) is 0 Å². The third-order valence-corrected chi connectivity index (χ3v) is 13.9. The highest BCUT2D eigenvalue weighted by atomic mass is 32.2. The van der Waals surface area contributed by atoms with E-state index in [9.17, 15) is 9.90 Å². The summed E-state index contributed by atoms with van der Waals surface area (Å²) in [7, 11) is 0. The molecule has 2 heterocycles. The van der Waals surface area contributed by atoms with Crippen molar-refractivity contribution in [3.63, 3.8) is 0 Å². The Morgan fingerprint density at radius 1 is 0.808 bits per heavy atom. The van der Waals surface area contributed by atoms with Crippen molar-refractivity contribution in [3.8, 4) is 11.1 Å². The highest BCUT2D eigenvalue weighted by Crippen LogP contribution is 2.55. The van der Waals surface area contributed by atoms with Gasteiger partial charge in [-0.05, 0) is 102 Å². The van der Waals surface area contributed by atoms with Gasteiger partial charge in [0.1, 0.15) is 0 Å². The maximum atomic E-state index is 13.1. The molecule has 0 spiro atoms. The Kier molecular flexibility index (Phi) is 9.56. The van der Waals surface area contributed by atoms with Gasteiger partial charge in [0.2, 0.25) is 0 Å². The van der Waals surface area contributed by atoms with Crippen molar-refractivity contribution in [2.24, 2.45) is 17.8 Å². The number of aliphatic hydroxyl groups excluding tert-OH is 1. The van der Waals surface area contributed by atoms with Crippen molar-refractivity contribution in [3.05, 3.63) is 119 Å². The molecular weight excluding hydrogens is 687 g/mol. The summed E-state index contributed by atoms with van der Waals surface area (Å²) in [6, 6.07) is 33.1. The average molecular weight is 732 g/mol. The monoisotopic (exact) mass is 731 g/mol. The first kappa shape index (κ1) is 34.1. The molecule has 0 unspecified atom stereocenters. The molecule has 268 valence electrons. The first-order chi connectivity index (χ1) is 25.5. The van der Waals surface area contributed by atoms with Crippen molar-refractivity contribution in [1.82, 2.24) is 15.6 Å². The number of fused-ring (bicyclic) bond motifs is 1. The molecule has 4 aliphatic carbocycles. The Morgan fingerprint density at radius 2 is 1.54 bits per heavy atom. The van der Waals surface area contributed by atoms with Crippen molar-refractivity contribution >= 4 is 39.3 Å². The maximum Gasteiger partial charge on any atom is 0.315 e. The highest BCUT2D eigenvalue weighted by Gasteiger charge is 2.51. The number of carbonyl (C=O) groups is 1. The van der Waals surface area contributed by atoms with Gasteiger partial charge in [-0.3, -0.25) is 0 Å². The normalized spacial score (nSPS) is 27.9. The minimum Gasteiger partial charge on any atom is -0.392 e. The van der Waals surface area contributed by atoms with Crippen LogP contribution in [0.25, 0.3) is 21.3 Å². The number of thiazole rings is 1. The van der Waals surface area contributed by atoms with E-state index in [1.807, 2.05) is 30.3 Å². The Morgan fingerprint density at radius 3 is 2.27 bits per heavy atom. The number of aliphatic hydroxyl groups is 1. The number of carbonyl (C=O) groups excluding carboxylic acids is 1. The number of nitrogens with zero attached hydrogens (tertiary/aromatic N) is 1. The van der Waals surface area contributed by atoms with E-state index < -0.39 is 6.29 Å². The predicted molar refractivity (Wildman–Crippen MR) is 207 cm³/mol. The predicted octanol–water partition coefficient (Wildman–Crippen LogP) is 9.56. The van der Waals surface area contributed by atoms with Gasteiger partial charge in [0.05, 0.1) is 29.0 Å². The van der Waals surface area contributed by atoms with Crippen LogP contribution in [0.5, 0.6) is 0 Å². The number of ether oxygens (including phenoxy) is 2. The zero-order valence-corrected chi connectivity index (χ0v) is 30.8. The van der Waals surface area contributed by atoms with E-state index in [2.05, 4.69) is 77.4 Å². The van der Waals surface area contributed by atoms with E-state index in [0.29, 0.717) is 6.54 Å². The van der Waals surface area contributed by atoms with Gasteiger partial charge in [0.25, 0.3) is 0 Å². The summed E-state index contributed by atoms with van der Waals surface area (Å²) in [5, 5.41) is 16.2. The summed E-state index contributed by atoms with van der Waals surface area (Å²) in [5.74, 6) is 3.16. The Labute approximate surface area is 313 Å². The fourth-order valence-corrected chi connectivity index (χ4v) is 11.6. The molecule has 4 bridgehead atoms. The highest BCUT2D eigenvalue weighted by molar-refractivity contribution is 8.01. The second-order valence-corrected chi connectivity index (χ2v) is 17.7. The van der Waals surface area contributed by atoms with Crippen LogP contribution < -0.4 is 10.6 Å². The number of urea groups is 1. The van der Waals surface area contributed by atoms with E-state index in [-0.39, 0.29) is 30.4 Å². The molecule has 3 atom stereocenters. The van der Waals surface area contributed by atoms with Gasteiger partial charge in [0.15, 0.2) is 10.6 Å². The van der Waals surface area contributed by atoms with Crippen molar-refractivity contribution in [2.75, 3.05) is 5.75 Å². The van der Waals surface area contributed by atoms with E-state index in [4.69, 9.17) is 14.5 Å². The van der Waals surface area contributed by atoms with Gasteiger partial charge in [-0.2, -0.15) is 0 Å². The van der Waals surface area contributed by atoms with Crippen molar-refractivity contribution in [1.29, 1.82) is 0 Å². The molecular formula is C43H45N3O4S2. The quantitative estimate of drug-likeness (QED) is 0.124. The molecule has 0 radical (unpaired) electrons. The van der Waals surface area contributed by atoms with E-state index in [1.165, 1.54) is 24.0 Å². The van der Waals surface area contributed by atoms with Crippen molar-refractivity contribution in [2.45, 2.75) is 86.5 Å². The number of benzene rings is 4. The van der Waals surface area contributed by atoms with E-state index in [1.54, 1.807) is 23.1 Å². The minimum atomic E-state index is -0.519. The smallest absolute Gasteiger partial charge is 0.315 e. The molecule has 9 heteroatoms. The number of thioether (sulfide) groups is 1. The number of hydrogen-bond donors (Lipinski definition) is 3. The molecule has 3 N–H and O–H groups in total. The lowest BCUT2D eigenvalue weighted by Crippen LogP contribution is -2.61. The summed E-state index contributed by atoms with van der Waals surface area (Å²) in [6.45, 7) is 0.507. The summed E-state index contributed by atoms with van der Waals surface area (Å²) in [5.41, 5.74) is 7.24. The largest absolute Gasteiger partial charge is 0.392 e. The number of hydrogen-bond acceptors (Lipinski definition) is 7. The minimum absolute atomic E-state index is 0.00795. The lowest BCUT2D eigenvalue weighted by molar-refractivity contribution is -0.245. The summed E-state index contributed by atoms with van der Waals surface area (Å²) in [4.78, 5) is 17.9. The van der Waals surface area contributed by atoms with Crippen LogP contribution in [0.1, 0.15) is 79.6 Å². The Bertz CT molecular complexity index is 1960.